The number of benzene rings is 2. The summed E-state index contributed by atoms with van der Waals surface area (Å²) in [5.41, 5.74) is 0.796. The van der Waals surface area contributed by atoms with Crippen LogP contribution in [0.5, 0.6) is 0 Å². The van der Waals surface area contributed by atoms with E-state index in [1.54, 1.807) is 0 Å². The minimum absolute atomic E-state index is 0.165. The first-order valence-corrected chi connectivity index (χ1v) is 7.92. The molecular formula is C17H18BrNO. The number of likely N-dealkylation sites (tertiary alicyclic amines) is 1. The molecule has 1 aliphatic heterocycles. The molecule has 1 unspecified atom stereocenters. The molecule has 0 N–H and O–H groups in total. The van der Waals surface area contributed by atoms with Crippen molar-refractivity contribution in [2.45, 2.75) is 19.8 Å². The molecule has 1 saturated heterocycles. The quantitative estimate of drug-likeness (QED) is 0.754. The highest BCUT2D eigenvalue weighted by atomic mass is 79.9. The summed E-state index contributed by atoms with van der Waals surface area (Å²) in [6.07, 6.45) is 2.35. The number of carbonyl (C=O) groups excluding carboxylic acids is 1. The van der Waals surface area contributed by atoms with Crippen molar-refractivity contribution in [3.8, 4) is 0 Å². The first-order chi connectivity index (χ1) is 9.65. The monoisotopic (exact) mass is 331 g/mol. The van der Waals surface area contributed by atoms with Crippen LogP contribution in [0.3, 0.4) is 0 Å². The minimum atomic E-state index is 0.165. The van der Waals surface area contributed by atoms with Crippen molar-refractivity contribution < 1.29 is 4.79 Å². The molecule has 0 aliphatic carbocycles. The standard InChI is InChI=1S/C17H18BrNO/c1-12-4-3-9-19(11-12)17(20)14-7-8-15-13(10-14)5-2-6-16(15)18/h2,5-8,10,12H,3-4,9,11H2,1H3. The van der Waals surface area contributed by atoms with Crippen molar-refractivity contribution in [1.29, 1.82) is 0 Å². The van der Waals surface area contributed by atoms with E-state index in [1.165, 1.54) is 6.42 Å². The molecule has 1 amide bonds. The smallest absolute Gasteiger partial charge is 0.253 e. The van der Waals surface area contributed by atoms with Gasteiger partial charge in [-0.2, -0.15) is 0 Å². The van der Waals surface area contributed by atoms with Crippen LogP contribution in [-0.4, -0.2) is 23.9 Å². The second-order valence-corrected chi connectivity index (χ2v) is 6.53. The van der Waals surface area contributed by atoms with Gasteiger partial charge in [0.05, 0.1) is 0 Å². The highest BCUT2D eigenvalue weighted by Crippen LogP contribution is 2.26. The highest BCUT2D eigenvalue weighted by molar-refractivity contribution is 9.10. The third-order valence-corrected chi connectivity index (χ3v) is 4.71. The molecule has 1 heterocycles. The van der Waals surface area contributed by atoms with Gasteiger partial charge in [0.25, 0.3) is 5.91 Å². The van der Waals surface area contributed by atoms with E-state index in [0.29, 0.717) is 5.92 Å². The van der Waals surface area contributed by atoms with Crippen LogP contribution < -0.4 is 0 Å². The van der Waals surface area contributed by atoms with Crippen LogP contribution >= 0.6 is 15.9 Å². The Morgan fingerprint density at radius 2 is 2.15 bits per heavy atom. The first-order valence-electron chi connectivity index (χ1n) is 7.13. The molecule has 1 atom stereocenters. The molecule has 20 heavy (non-hydrogen) atoms. The average molecular weight is 332 g/mol. The predicted molar refractivity (Wildman–Crippen MR) is 85.9 cm³/mol. The van der Waals surface area contributed by atoms with Crippen LogP contribution in [0.15, 0.2) is 40.9 Å². The summed E-state index contributed by atoms with van der Waals surface area (Å²) in [6.45, 7) is 3.99. The van der Waals surface area contributed by atoms with Gasteiger partial charge in [0.1, 0.15) is 0 Å². The van der Waals surface area contributed by atoms with Crippen LogP contribution in [-0.2, 0) is 0 Å². The van der Waals surface area contributed by atoms with Gasteiger partial charge >= 0.3 is 0 Å². The minimum Gasteiger partial charge on any atom is -0.338 e. The zero-order chi connectivity index (χ0) is 14.1. The fraction of sp³-hybridized carbons (Fsp3) is 0.353. The molecule has 2 aromatic rings. The number of piperidine rings is 1. The van der Waals surface area contributed by atoms with Crippen molar-refractivity contribution in [3.05, 3.63) is 46.4 Å². The van der Waals surface area contributed by atoms with E-state index in [1.807, 2.05) is 35.2 Å². The van der Waals surface area contributed by atoms with Gasteiger partial charge in [0.15, 0.2) is 0 Å². The largest absolute Gasteiger partial charge is 0.338 e. The number of rotatable bonds is 1. The fourth-order valence-corrected chi connectivity index (χ4v) is 3.45. The van der Waals surface area contributed by atoms with Gasteiger partial charge in [-0.25, -0.2) is 0 Å². The lowest BCUT2D eigenvalue weighted by molar-refractivity contribution is 0.0683. The topological polar surface area (TPSA) is 20.3 Å². The summed E-state index contributed by atoms with van der Waals surface area (Å²) in [6, 6.07) is 12.0. The fourth-order valence-electron chi connectivity index (χ4n) is 2.93. The third-order valence-electron chi connectivity index (χ3n) is 4.02. The molecule has 0 radical (unpaired) electrons. The van der Waals surface area contributed by atoms with E-state index >= 15 is 0 Å². The number of hydrogen-bond donors (Lipinski definition) is 0. The molecule has 3 heteroatoms. The maximum Gasteiger partial charge on any atom is 0.253 e. The number of hydrogen-bond acceptors (Lipinski definition) is 1. The zero-order valence-corrected chi connectivity index (χ0v) is 13.2. The van der Waals surface area contributed by atoms with Crippen molar-refractivity contribution in [1.82, 2.24) is 4.90 Å². The van der Waals surface area contributed by atoms with Gasteiger partial charge in [-0.15, -0.1) is 0 Å². The van der Waals surface area contributed by atoms with E-state index in [0.717, 1.165) is 40.3 Å². The lowest BCUT2D eigenvalue weighted by Crippen LogP contribution is -2.39. The average Bonchev–Trinajstić information content (AvgIpc) is 2.46. The Kier molecular flexibility index (Phi) is 3.79. The third kappa shape index (κ3) is 2.59. The maximum atomic E-state index is 12.6. The van der Waals surface area contributed by atoms with E-state index in [9.17, 15) is 4.79 Å². The lowest BCUT2D eigenvalue weighted by Gasteiger charge is -2.31. The summed E-state index contributed by atoms with van der Waals surface area (Å²) in [7, 11) is 0. The Morgan fingerprint density at radius 3 is 2.95 bits per heavy atom. The van der Waals surface area contributed by atoms with E-state index in [4.69, 9.17) is 0 Å². The molecule has 1 fully saturated rings. The van der Waals surface area contributed by atoms with Crippen LogP contribution in [0, 0.1) is 5.92 Å². The van der Waals surface area contributed by atoms with Crippen molar-refractivity contribution >= 4 is 32.6 Å². The van der Waals surface area contributed by atoms with Gasteiger partial charge in [-0.3, -0.25) is 4.79 Å². The Bertz CT molecular complexity index is 652. The van der Waals surface area contributed by atoms with Gasteiger partial charge in [0.2, 0.25) is 0 Å². The van der Waals surface area contributed by atoms with Crippen LogP contribution in [0.1, 0.15) is 30.1 Å². The molecule has 1 aliphatic rings. The van der Waals surface area contributed by atoms with Gasteiger partial charge in [-0.05, 0) is 47.7 Å². The lowest BCUT2D eigenvalue weighted by atomic mass is 9.99. The van der Waals surface area contributed by atoms with Crippen LogP contribution in [0.25, 0.3) is 10.8 Å². The number of halogens is 1. The molecule has 0 aromatic heterocycles. The first kappa shape index (κ1) is 13.6. The summed E-state index contributed by atoms with van der Waals surface area (Å²) in [4.78, 5) is 14.6. The van der Waals surface area contributed by atoms with Crippen molar-refractivity contribution in [3.63, 3.8) is 0 Å². The number of carbonyl (C=O) groups is 1. The zero-order valence-electron chi connectivity index (χ0n) is 11.6. The summed E-state index contributed by atoms with van der Waals surface area (Å²) >= 11 is 3.55. The SMILES string of the molecule is CC1CCCN(C(=O)c2ccc3c(Br)cccc3c2)C1. The second-order valence-electron chi connectivity index (χ2n) is 5.67. The Morgan fingerprint density at radius 1 is 1.30 bits per heavy atom. The molecule has 104 valence electrons. The van der Waals surface area contributed by atoms with Crippen molar-refractivity contribution in [2.24, 2.45) is 5.92 Å². The Hall–Kier alpha value is -1.35. The molecule has 0 bridgehead atoms. The molecular weight excluding hydrogens is 314 g/mol. The summed E-state index contributed by atoms with van der Waals surface area (Å²) < 4.78 is 1.07. The van der Waals surface area contributed by atoms with Crippen molar-refractivity contribution in [2.75, 3.05) is 13.1 Å². The van der Waals surface area contributed by atoms with Crippen LogP contribution in [0.2, 0.25) is 0 Å². The maximum absolute atomic E-state index is 12.6. The summed E-state index contributed by atoms with van der Waals surface area (Å²) in [5, 5.41) is 2.26. The van der Waals surface area contributed by atoms with E-state index in [-0.39, 0.29) is 5.91 Å². The molecule has 3 rings (SSSR count). The van der Waals surface area contributed by atoms with Gasteiger partial charge in [-0.1, -0.05) is 41.1 Å². The molecule has 0 spiro atoms. The number of nitrogens with zero attached hydrogens (tertiary/aromatic N) is 1. The number of fused-ring (bicyclic) bond motifs is 1. The van der Waals surface area contributed by atoms with Gasteiger partial charge < -0.3 is 4.90 Å². The molecule has 2 nitrogen and oxygen atoms in total. The summed E-state index contributed by atoms with van der Waals surface area (Å²) in [5.74, 6) is 0.778. The van der Waals surface area contributed by atoms with E-state index < -0.39 is 0 Å². The van der Waals surface area contributed by atoms with Crippen LogP contribution in [0.4, 0.5) is 0 Å². The Balaban J connectivity index is 1.92. The predicted octanol–water partition coefficient (Wildman–Crippen LogP) is 4.47. The Labute approximate surface area is 127 Å². The second kappa shape index (κ2) is 5.57. The number of amides is 1. The normalized spacial score (nSPS) is 19.3. The van der Waals surface area contributed by atoms with Gasteiger partial charge in [0, 0.05) is 23.1 Å². The molecule has 0 saturated carbocycles. The molecule has 2 aromatic carbocycles. The van der Waals surface area contributed by atoms with E-state index in [2.05, 4.69) is 28.9 Å². The highest BCUT2D eigenvalue weighted by Gasteiger charge is 2.22.